The van der Waals surface area contributed by atoms with E-state index in [1.807, 2.05) is 0 Å². The number of aromatic hydroxyl groups is 1. The number of rotatable bonds is 2. The summed E-state index contributed by atoms with van der Waals surface area (Å²) in [4.78, 5) is 0. The highest BCUT2D eigenvalue weighted by atomic mass is 16.5. The van der Waals surface area contributed by atoms with E-state index in [0.29, 0.717) is 5.75 Å². The molecule has 0 spiro atoms. The van der Waals surface area contributed by atoms with Crippen molar-refractivity contribution in [1.29, 1.82) is 5.26 Å². The monoisotopic (exact) mass is 164 g/mol. The smallest absolute Gasteiger partial charge is 0.174 e. The van der Waals surface area contributed by atoms with Gasteiger partial charge in [0.15, 0.2) is 6.61 Å². The maximum Gasteiger partial charge on any atom is 0.174 e. The molecule has 0 radical (unpaired) electrons. The van der Waals surface area contributed by atoms with Gasteiger partial charge in [-0.05, 0) is 12.1 Å². The molecule has 62 valence electrons. The van der Waals surface area contributed by atoms with E-state index in [1.54, 1.807) is 18.2 Å². The number of hydrogen-bond donors (Lipinski definition) is 2. The van der Waals surface area contributed by atoms with E-state index in [4.69, 9.17) is 20.8 Å². The van der Waals surface area contributed by atoms with Crippen molar-refractivity contribution in [2.24, 2.45) is 0 Å². The number of para-hydroxylation sites is 1. The summed E-state index contributed by atoms with van der Waals surface area (Å²) in [5.41, 5.74) is 5.60. The minimum atomic E-state index is -0.0757. The molecule has 3 N–H and O–H groups in total. The molecule has 0 saturated carbocycles. The van der Waals surface area contributed by atoms with E-state index >= 15 is 0 Å². The fraction of sp³-hybridized carbons (Fsp3) is 0.125. The normalized spacial score (nSPS) is 8.92. The number of benzene rings is 1. The first-order chi connectivity index (χ1) is 5.75. The van der Waals surface area contributed by atoms with Crippen LogP contribution in [-0.4, -0.2) is 11.7 Å². The number of nitrogens with zero attached hydrogens (tertiary/aromatic N) is 1. The lowest BCUT2D eigenvalue weighted by molar-refractivity contribution is 0.367. The number of phenolic OH excluding ortho intramolecular Hbond substituents is 1. The molecule has 1 aromatic carbocycles. The molecule has 0 aliphatic heterocycles. The first-order valence-corrected chi connectivity index (χ1v) is 3.33. The molecule has 0 aliphatic rings. The Kier molecular flexibility index (Phi) is 2.38. The van der Waals surface area contributed by atoms with Crippen LogP contribution in [0.4, 0.5) is 5.69 Å². The van der Waals surface area contributed by atoms with Gasteiger partial charge >= 0.3 is 0 Å². The van der Waals surface area contributed by atoms with Crippen LogP contribution in [-0.2, 0) is 0 Å². The number of anilines is 1. The molecular formula is C8H8N2O2. The zero-order valence-corrected chi connectivity index (χ0v) is 6.32. The Labute approximate surface area is 69.8 Å². The summed E-state index contributed by atoms with van der Waals surface area (Å²) in [7, 11) is 0. The van der Waals surface area contributed by atoms with E-state index in [2.05, 4.69) is 0 Å². The van der Waals surface area contributed by atoms with Gasteiger partial charge in [0.05, 0.1) is 0 Å². The van der Waals surface area contributed by atoms with Crippen molar-refractivity contribution in [3.05, 3.63) is 18.2 Å². The molecule has 0 amide bonds. The number of nitrogen functional groups attached to an aromatic ring is 1. The zero-order chi connectivity index (χ0) is 8.97. The summed E-state index contributed by atoms with van der Waals surface area (Å²) in [6.45, 7) is -0.0757. The lowest BCUT2D eigenvalue weighted by Crippen LogP contribution is -1.97. The topological polar surface area (TPSA) is 79.3 Å². The van der Waals surface area contributed by atoms with E-state index in [-0.39, 0.29) is 18.0 Å². The van der Waals surface area contributed by atoms with Gasteiger partial charge in [0.1, 0.15) is 23.3 Å². The highest BCUT2D eigenvalue weighted by Gasteiger charge is 2.02. The van der Waals surface area contributed by atoms with Gasteiger partial charge in [-0.25, -0.2) is 0 Å². The number of nitrogens with two attached hydrogens (primary N) is 1. The first-order valence-electron chi connectivity index (χ1n) is 3.33. The minimum Gasteiger partial charge on any atom is -0.506 e. The van der Waals surface area contributed by atoms with Crippen molar-refractivity contribution in [3.63, 3.8) is 0 Å². The lowest BCUT2D eigenvalue weighted by Gasteiger charge is -2.05. The third-order valence-corrected chi connectivity index (χ3v) is 1.34. The van der Waals surface area contributed by atoms with Crippen molar-refractivity contribution in [1.82, 2.24) is 0 Å². The van der Waals surface area contributed by atoms with Crippen LogP contribution in [0.5, 0.6) is 11.5 Å². The third-order valence-electron chi connectivity index (χ3n) is 1.34. The zero-order valence-electron chi connectivity index (χ0n) is 6.32. The fourth-order valence-electron chi connectivity index (χ4n) is 0.768. The molecule has 0 heterocycles. The van der Waals surface area contributed by atoms with Crippen LogP contribution < -0.4 is 10.5 Å². The predicted molar refractivity (Wildman–Crippen MR) is 43.6 cm³/mol. The SMILES string of the molecule is N#CCOc1cccc(O)c1N. The number of ether oxygens (including phenoxy) is 1. The Morgan fingerprint density at radius 1 is 1.58 bits per heavy atom. The predicted octanol–water partition coefficient (Wildman–Crippen LogP) is 0.877. The Morgan fingerprint density at radius 2 is 2.33 bits per heavy atom. The first kappa shape index (κ1) is 8.21. The minimum absolute atomic E-state index is 0.0366. The van der Waals surface area contributed by atoms with Gasteiger partial charge in [0.2, 0.25) is 0 Å². The maximum atomic E-state index is 9.11. The molecule has 0 atom stereocenters. The quantitative estimate of drug-likeness (QED) is 0.502. The molecule has 0 aromatic heterocycles. The van der Waals surface area contributed by atoms with E-state index < -0.39 is 0 Å². The summed E-state index contributed by atoms with van der Waals surface area (Å²) in [5, 5.41) is 17.3. The fourth-order valence-corrected chi connectivity index (χ4v) is 0.768. The molecule has 1 rings (SSSR count). The summed E-state index contributed by atoms with van der Waals surface area (Å²) in [5.74, 6) is 0.294. The van der Waals surface area contributed by atoms with Crippen LogP contribution in [0.1, 0.15) is 0 Å². The summed E-state index contributed by atoms with van der Waals surface area (Å²) >= 11 is 0. The molecule has 12 heavy (non-hydrogen) atoms. The van der Waals surface area contributed by atoms with Gasteiger partial charge in [0.25, 0.3) is 0 Å². The molecule has 0 bridgehead atoms. The standard InChI is InChI=1S/C8H8N2O2/c9-4-5-12-7-3-1-2-6(11)8(7)10/h1-3,11H,5,10H2. The molecule has 4 nitrogen and oxygen atoms in total. The van der Waals surface area contributed by atoms with E-state index in [9.17, 15) is 0 Å². The lowest BCUT2D eigenvalue weighted by atomic mass is 10.3. The Bertz CT molecular complexity index is 317. The van der Waals surface area contributed by atoms with E-state index in [0.717, 1.165) is 0 Å². The van der Waals surface area contributed by atoms with Crippen LogP contribution in [0.3, 0.4) is 0 Å². The van der Waals surface area contributed by atoms with Gasteiger partial charge in [0, 0.05) is 0 Å². The van der Waals surface area contributed by atoms with Crippen molar-refractivity contribution in [2.75, 3.05) is 12.3 Å². The van der Waals surface area contributed by atoms with Crippen molar-refractivity contribution >= 4 is 5.69 Å². The second-order valence-electron chi connectivity index (χ2n) is 2.14. The molecule has 0 aliphatic carbocycles. The second-order valence-corrected chi connectivity index (χ2v) is 2.14. The van der Waals surface area contributed by atoms with Gasteiger partial charge < -0.3 is 15.6 Å². The van der Waals surface area contributed by atoms with Crippen molar-refractivity contribution in [2.45, 2.75) is 0 Å². The van der Waals surface area contributed by atoms with Crippen LogP contribution in [0.15, 0.2) is 18.2 Å². The summed E-state index contributed by atoms with van der Waals surface area (Å²) < 4.78 is 4.92. The second kappa shape index (κ2) is 3.49. The van der Waals surface area contributed by atoms with Crippen LogP contribution in [0.2, 0.25) is 0 Å². The highest BCUT2D eigenvalue weighted by Crippen LogP contribution is 2.29. The van der Waals surface area contributed by atoms with Crippen LogP contribution in [0.25, 0.3) is 0 Å². The molecule has 0 saturated heterocycles. The average Bonchev–Trinajstić information content (AvgIpc) is 2.08. The highest BCUT2D eigenvalue weighted by molar-refractivity contribution is 5.61. The van der Waals surface area contributed by atoms with Gasteiger partial charge in [-0.1, -0.05) is 6.07 Å². The van der Waals surface area contributed by atoms with Crippen molar-refractivity contribution < 1.29 is 9.84 Å². The van der Waals surface area contributed by atoms with Gasteiger partial charge in [-0.2, -0.15) is 5.26 Å². The molecule has 0 unspecified atom stereocenters. The molecule has 0 fully saturated rings. The largest absolute Gasteiger partial charge is 0.506 e. The molecule has 4 heteroatoms. The third kappa shape index (κ3) is 1.58. The van der Waals surface area contributed by atoms with Crippen LogP contribution in [0, 0.1) is 11.3 Å². The van der Waals surface area contributed by atoms with Crippen LogP contribution >= 0.6 is 0 Å². The number of phenols is 1. The number of hydrogen-bond acceptors (Lipinski definition) is 4. The summed E-state index contributed by atoms with van der Waals surface area (Å²) in [6.07, 6.45) is 0. The van der Waals surface area contributed by atoms with Gasteiger partial charge in [-0.15, -0.1) is 0 Å². The Hall–Kier alpha value is -1.89. The molecule has 1 aromatic rings. The average molecular weight is 164 g/mol. The Balaban J connectivity index is 2.86. The van der Waals surface area contributed by atoms with Crippen molar-refractivity contribution in [3.8, 4) is 17.6 Å². The maximum absolute atomic E-state index is 9.11. The summed E-state index contributed by atoms with van der Waals surface area (Å²) in [6, 6.07) is 6.44. The number of nitriles is 1. The Morgan fingerprint density at radius 3 is 3.00 bits per heavy atom. The van der Waals surface area contributed by atoms with Gasteiger partial charge in [-0.3, -0.25) is 0 Å². The molecular weight excluding hydrogens is 156 g/mol. The van der Waals surface area contributed by atoms with E-state index in [1.165, 1.54) is 6.07 Å².